The highest BCUT2D eigenvalue weighted by atomic mass is 79.9. The van der Waals surface area contributed by atoms with Crippen LogP contribution in [0.1, 0.15) is 22.3 Å². The van der Waals surface area contributed by atoms with Gasteiger partial charge in [-0.1, -0.05) is 15.9 Å². The van der Waals surface area contributed by atoms with Gasteiger partial charge in [-0.05, 0) is 0 Å². The first-order chi connectivity index (χ1) is 7.47. The number of hydrogen-bond donors (Lipinski definition) is 4. The van der Waals surface area contributed by atoms with Gasteiger partial charge in [-0.2, -0.15) is 0 Å². The van der Waals surface area contributed by atoms with Crippen molar-refractivity contribution in [2.75, 3.05) is 11.1 Å². The van der Waals surface area contributed by atoms with Crippen molar-refractivity contribution < 1.29 is 20.1 Å². The normalized spacial score (nSPS) is 14.4. The largest absolute Gasteiger partial charge is 0.476 e. The Kier molecular flexibility index (Phi) is 4.16. The Morgan fingerprint density at radius 3 is 2.69 bits per heavy atom. The molecule has 1 aromatic heterocycles. The Bertz CT molecular complexity index is 401. The van der Waals surface area contributed by atoms with Crippen molar-refractivity contribution in [2.45, 2.75) is 12.2 Å². The van der Waals surface area contributed by atoms with E-state index in [9.17, 15) is 15.0 Å². The zero-order chi connectivity index (χ0) is 12.3. The number of rotatable bonds is 4. The number of hydrogen-bond acceptors (Lipinski definition) is 6. The molecule has 0 aliphatic carbocycles. The van der Waals surface area contributed by atoms with Crippen molar-refractivity contribution in [1.82, 2.24) is 9.97 Å². The molecule has 5 N–H and O–H groups in total. The number of carboxylic acid groups (broad SMARTS) is 1. The highest BCUT2D eigenvalue weighted by Gasteiger charge is 2.21. The number of nitrogens with zero attached hydrogens (tertiary/aromatic N) is 2. The standard InChI is InChI=1S/C8H10BrN3O4/c9-1-4(13)6(14)3-2-11-7(10)5(12-3)8(15)16/h2,4,6,13-14H,1H2,(H2,10,11)(H,15,16). The van der Waals surface area contributed by atoms with Crippen LogP contribution in [-0.2, 0) is 0 Å². The fraction of sp³-hybridized carbons (Fsp3) is 0.375. The predicted molar refractivity (Wildman–Crippen MR) is 58.2 cm³/mol. The van der Waals surface area contributed by atoms with Crippen LogP contribution < -0.4 is 5.73 Å². The van der Waals surface area contributed by atoms with Crippen LogP contribution >= 0.6 is 15.9 Å². The molecule has 7 nitrogen and oxygen atoms in total. The monoisotopic (exact) mass is 291 g/mol. The molecular formula is C8H10BrN3O4. The van der Waals surface area contributed by atoms with E-state index in [1.54, 1.807) is 0 Å². The van der Waals surface area contributed by atoms with Crippen LogP contribution in [0.2, 0.25) is 0 Å². The van der Waals surface area contributed by atoms with Gasteiger partial charge in [0, 0.05) is 5.33 Å². The second-order valence-electron chi connectivity index (χ2n) is 3.00. The summed E-state index contributed by atoms with van der Waals surface area (Å²) in [6.07, 6.45) is -1.29. The van der Waals surface area contributed by atoms with Crippen molar-refractivity contribution in [3.8, 4) is 0 Å². The van der Waals surface area contributed by atoms with E-state index in [0.29, 0.717) is 0 Å². The molecule has 0 fully saturated rings. The summed E-state index contributed by atoms with van der Waals surface area (Å²) in [5, 5.41) is 27.8. The van der Waals surface area contributed by atoms with Gasteiger partial charge in [0.25, 0.3) is 0 Å². The molecule has 2 atom stereocenters. The summed E-state index contributed by atoms with van der Waals surface area (Å²) in [5.41, 5.74) is 4.80. The first-order valence-corrected chi connectivity index (χ1v) is 5.37. The van der Waals surface area contributed by atoms with Crippen LogP contribution in [-0.4, -0.2) is 42.7 Å². The average Bonchev–Trinajstić information content (AvgIpc) is 2.27. The molecule has 2 unspecified atom stereocenters. The number of halogens is 1. The summed E-state index contributed by atoms with van der Waals surface area (Å²) >= 11 is 2.98. The Balaban J connectivity index is 3.07. The maximum Gasteiger partial charge on any atom is 0.358 e. The first-order valence-electron chi connectivity index (χ1n) is 4.25. The highest BCUT2D eigenvalue weighted by Crippen LogP contribution is 2.17. The maximum atomic E-state index is 10.7. The summed E-state index contributed by atoms with van der Waals surface area (Å²) in [4.78, 5) is 17.9. The van der Waals surface area contributed by atoms with Crippen molar-refractivity contribution in [3.05, 3.63) is 17.6 Å². The van der Waals surface area contributed by atoms with Gasteiger partial charge in [0.1, 0.15) is 6.10 Å². The van der Waals surface area contributed by atoms with Gasteiger partial charge < -0.3 is 21.1 Å². The zero-order valence-electron chi connectivity index (χ0n) is 8.04. The van der Waals surface area contributed by atoms with Crippen molar-refractivity contribution in [1.29, 1.82) is 0 Å². The molecular weight excluding hydrogens is 282 g/mol. The van der Waals surface area contributed by atoms with E-state index in [4.69, 9.17) is 10.8 Å². The van der Waals surface area contributed by atoms with Crippen LogP contribution in [0.15, 0.2) is 6.20 Å². The molecule has 0 saturated heterocycles. The Morgan fingerprint density at radius 2 is 2.19 bits per heavy atom. The lowest BCUT2D eigenvalue weighted by molar-refractivity contribution is 0.0310. The van der Waals surface area contributed by atoms with Crippen LogP contribution in [0.3, 0.4) is 0 Å². The smallest absolute Gasteiger partial charge is 0.358 e. The number of aliphatic hydroxyl groups is 2. The molecule has 0 amide bonds. The van der Waals surface area contributed by atoms with Crippen molar-refractivity contribution in [2.24, 2.45) is 0 Å². The average molecular weight is 292 g/mol. The van der Waals surface area contributed by atoms with Gasteiger partial charge in [-0.3, -0.25) is 0 Å². The van der Waals surface area contributed by atoms with Gasteiger partial charge in [-0.25, -0.2) is 14.8 Å². The summed E-state index contributed by atoms with van der Waals surface area (Å²) in [7, 11) is 0. The number of carbonyl (C=O) groups is 1. The number of alkyl halides is 1. The molecule has 0 radical (unpaired) electrons. The van der Waals surface area contributed by atoms with Crippen molar-refractivity contribution >= 4 is 27.7 Å². The number of nitrogen functional groups attached to an aromatic ring is 1. The lowest BCUT2D eigenvalue weighted by Crippen LogP contribution is -2.22. The predicted octanol–water partition coefficient (Wildman–Crippen LogP) is -0.454. The highest BCUT2D eigenvalue weighted by molar-refractivity contribution is 9.09. The molecule has 16 heavy (non-hydrogen) atoms. The molecule has 0 spiro atoms. The Hall–Kier alpha value is -1.25. The maximum absolute atomic E-state index is 10.7. The molecule has 1 rings (SSSR count). The number of aromatic carboxylic acids is 1. The molecule has 0 aliphatic rings. The van der Waals surface area contributed by atoms with Gasteiger partial charge in [-0.15, -0.1) is 0 Å². The second kappa shape index (κ2) is 5.19. The van der Waals surface area contributed by atoms with Crippen LogP contribution in [0.25, 0.3) is 0 Å². The third-order valence-corrected chi connectivity index (χ3v) is 2.51. The summed E-state index contributed by atoms with van der Waals surface area (Å²) in [5.74, 6) is -1.58. The summed E-state index contributed by atoms with van der Waals surface area (Å²) in [6, 6.07) is 0. The minimum atomic E-state index is -1.34. The first kappa shape index (κ1) is 12.8. The van der Waals surface area contributed by atoms with Gasteiger partial charge in [0.15, 0.2) is 11.5 Å². The van der Waals surface area contributed by atoms with E-state index in [1.165, 1.54) is 0 Å². The number of anilines is 1. The van der Waals surface area contributed by atoms with E-state index in [0.717, 1.165) is 6.20 Å². The SMILES string of the molecule is Nc1ncc(C(O)C(O)CBr)nc1C(=O)O. The van der Waals surface area contributed by atoms with Crippen molar-refractivity contribution in [3.63, 3.8) is 0 Å². The van der Waals surface area contributed by atoms with Gasteiger partial charge >= 0.3 is 5.97 Å². The quantitative estimate of drug-likeness (QED) is 0.553. The molecule has 8 heteroatoms. The zero-order valence-corrected chi connectivity index (χ0v) is 9.62. The van der Waals surface area contributed by atoms with Crippen LogP contribution in [0, 0.1) is 0 Å². The molecule has 0 bridgehead atoms. The topological polar surface area (TPSA) is 130 Å². The molecule has 1 aromatic rings. The summed E-state index contributed by atoms with van der Waals surface area (Å²) < 4.78 is 0. The van der Waals surface area contributed by atoms with E-state index in [2.05, 4.69) is 25.9 Å². The van der Waals surface area contributed by atoms with Gasteiger partial charge in [0.2, 0.25) is 0 Å². The van der Waals surface area contributed by atoms with E-state index in [-0.39, 0.29) is 16.8 Å². The number of aromatic nitrogens is 2. The molecule has 88 valence electrons. The Morgan fingerprint density at radius 1 is 1.56 bits per heavy atom. The van der Waals surface area contributed by atoms with Gasteiger partial charge in [0.05, 0.1) is 18.0 Å². The second-order valence-corrected chi connectivity index (χ2v) is 3.65. The Labute approximate surface area is 99.1 Å². The molecule has 0 aromatic carbocycles. The fourth-order valence-electron chi connectivity index (χ4n) is 0.993. The van der Waals surface area contributed by atoms with E-state index < -0.39 is 23.9 Å². The number of nitrogens with two attached hydrogens (primary N) is 1. The fourth-order valence-corrected chi connectivity index (χ4v) is 1.35. The number of aliphatic hydroxyl groups excluding tert-OH is 2. The minimum Gasteiger partial charge on any atom is -0.476 e. The molecule has 0 saturated carbocycles. The summed E-state index contributed by atoms with van der Waals surface area (Å²) in [6.45, 7) is 0. The van der Waals surface area contributed by atoms with Crippen LogP contribution in [0.5, 0.6) is 0 Å². The van der Waals surface area contributed by atoms with E-state index in [1.807, 2.05) is 0 Å². The van der Waals surface area contributed by atoms with E-state index >= 15 is 0 Å². The third kappa shape index (κ3) is 2.65. The third-order valence-electron chi connectivity index (χ3n) is 1.85. The molecule has 0 aliphatic heterocycles. The molecule has 1 heterocycles. The minimum absolute atomic E-state index is 0.0430. The van der Waals surface area contributed by atoms with Crippen LogP contribution in [0.4, 0.5) is 5.82 Å². The lowest BCUT2D eigenvalue weighted by Gasteiger charge is -2.15. The number of carboxylic acids is 1. The lowest BCUT2D eigenvalue weighted by atomic mass is 10.1.